The molecule has 0 radical (unpaired) electrons. The van der Waals surface area contributed by atoms with Crippen molar-refractivity contribution in [2.75, 3.05) is 6.61 Å². The third-order valence-corrected chi connectivity index (χ3v) is 1.80. The number of rotatable bonds is 4. The lowest BCUT2D eigenvalue weighted by Crippen LogP contribution is -2.10. The summed E-state index contributed by atoms with van der Waals surface area (Å²) in [5, 5.41) is 8.67. The Balaban J connectivity index is 2.73. The Bertz CT molecular complexity index is 250. The van der Waals surface area contributed by atoms with Crippen molar-refractivity contribution in [2.24, 2.45) is 5.90 Å². The third kappa shape index (κ3) is 2.77. The van der Waals surface area contributed by atoms with Crippen LogP contribution in [-0.4, -0.2) is 11.7 Å². The van der Waals surface area contributed by atoms with Crippen LogP contribution in [0, 0.1) is 5.82 Å². The molecule has 4 heteroatoms. The maximum absolute atomic E-state index is 12.5. The molecule has 0 bridgehead atoms. The van der Waals surface area contributed by atoms with Gasteiger partial charge in [0.2, 0.25) is 0 Å². The molecule has 0 saturated carbocycles. The van der Waals surface area contributed by atoms with Gasteiger partial charge in [0.05, 0.1) is 0 Å². The molecule has 0 aliphatic rings. The minimum Gasteiger partial charge on any atom is -0.396 e. The van der Waals surface area contributed by atoms with Crippen LogP contribution in [0.25, 0.3) is 0 Å². The van der Waals surface area contributed by atoms with Gasteiger partial charge >= 0.3 is 0 Å². The number of aliphatic hydroxyl groups is 1. The van der Waals surface area contributed by atoms with Crippen LogP contribution in [0.4, 0.5) is 4.39 Å². The molecule has 1 aromatic rings. The van der Waals surface area contributed by atoms with Crippen molar-refractivity contribution in [2.45, 2.75) is 12.5 Å². The molecule has 0 saturated heterocycles. The van der Waals surface area contributed by atoms with E-state index in [0.29, 0.717) is 6.42 Å². The molecule has 0 heterocycles. The van der Waals surface area contributed by atoms with Crippen molar-refractivity contribution in [1.29, 1.82) is 0 Å². The van der Waals surface area contributed by atoms with E-state index >= 15 is 0 Å². The highest BCUT2D eigenvalue weighted by molar-refractivity contribution is 5.18. The summed E-state index contributed by atoms with van der Waals surface area (Å²) in [5.74, 6) is 4.72. The van der Waals surface area contributed by atoms with Gasteiger partial charge in [0.25, 0.3) is 0 Å². The number of hydrogen-bond donors (Lipinski definition) is 2. The first-order chi connectivity index (χ1) is 6.27. The number of nitrogens with two attached hydrogens (primary N) is 1. The summed E-state index contributed by atoms with van der Waals surface area (Å²) >= 11 is 0. The molecule has 1 unspecified atom stereocenters. The Labute approximate surface area is 75.9 Å². The van der Waals surface area contributed by atoms with Gasteiger partial charge in [-0.3, -0.25) is 4.84 Å². The van der Waals surface area contributed by atoms with Gasteiger partial charge in [0.1, 0.15) is 11.9 Å². The molecule has 0 aliphatic heterocycles. The van der Waals surface area contributed by atoms with Crippen molar-refractivity contribution < 1.29 is 14.3 Å². The van der Waals surface area contributed by atoms with Crippen LogP contribution in [0.3, 0.4) is 0 Å². The Morgan fingerprint density at radius 3 is 2.46 bits per heavy atom. The number of hydrogen-bond acceptors (Lipinski definition) is 3. The maximum atomic E-state index is 12.5. The first-order valence-corrected chi connectivity index (χ1v) is 3.99. The summed E-state index contributed by atoms with van der Waals surface area (Å²) in [4.78, 5) is 4.63. The van der Waals surface area contributed by atoms with E-state index in [1.54, 1.807) is 12.1 Å². The molecule has 0 amide bonds. The average molecular weight is 185 g/mol. The zero-order valence-corrected chi connectivity index (χ0v) is 7.11. The number of halogens is 1. The molecule has 1 aromatic carbocycles. The van der Waals surface area contributed by atoms with Crippen molar-refractivity contribution in [3.05, 3.63) is 35.6 Å². The van der Waals surface area contributed by atoms with Crippen LogP contribution in [0.2, 0.25) is 0 Å². The topological polar surface area (TPSA) is 55.5 Å². The largest absolute Gasteiger partial charge is 0.396 e. The Morgan fingerprint density at radius 2 is 2.00 bits per heavy atom. The van der Waals surface area contributed by atoms with Gasteiger partial charge in [0, 0.05) is 13.0 Å². The molecular weight excluding hydrogens is 173 g/mol. The quantitative estimate of drug-likeness (QED) is 0.691. The van der Waals surface area contributed by atoms with Crippen LogP contribution < -0.4 is 5.90 Å². The van der Waals surface area contributed by atoms with E-state index in [-0.39, 0.29) is 18.5 Å². The fourth-order valence-electron chi connectivity index (χ4n) is 1.11. The average Bonchev–Trinajstić information content (AvgIpc) is 2.16. The van der Waals surface area contributed by atoms with Gasteiger partial charge in [0.15, 0.2) is 0 Å². The highest BCUT2D eigenvalue weighted by Gasteiger charge is 2.09. The summed E-state index contributed by atoms with van der Waals surface area (Å²) in [5.41, 5.74) is 0.762. The monoisotopic (exact) mass is 185 g/mol. The van der Waals surface area contributed by atoms with E-state index in [4.69, 9.17) is 11.0 Å². The van der Waals surface area contributed by atoms with Crippen LogP contribution in [-0.2, 0) is 4.84 Å². The van der Waals surface area contributed by atoms with Crippen molar-refractivity contribution in [3.8, 4) is 0 Å². The third-order valence-electron chi connectivity index (χ3n) is 1.80. The highest BCUT2D eigenvalue weighted by atomic mass is 19.1. The predicted octanol–water partition coefficient (Wildman–Crippen LogP) is 1.14. The zero-order chi connectivity index (χ0) is 9.68. The molecule has 0 fully saturated rings. The fraction of sp³-hybridized carbons (Fsp3) is 0.333. The summed E-state index contributed by atoms with van der Waals surface area (Å²) in [7, 11) is 0. The van der Waals surface area contributed by atoms with E-state index in [0.717, 1.165) is 5.56 Å². The molecule has 3 nitrogen and oxygen atoms in total. The highest BCUT2D eigenvalue weighted by Crippen LogP contribution is 2.18. The zero-order valence-electron chi connectivity index (χ0n) is 7.11. The van der Waals surface area contributed by atoms with Crippen LogP contribution in [0.15, 0.2) is 24.3 Å². The van der Waals surface area contributed by atoms with Crippen LogP contribution >= 0.6 is 0 Å². The molecule has 0 aromatic heterocycles. The molecule has 1 atom stereocenters. The predicted molar refractivity (Wildman–Crippen MR) is 46.1 cm³/mol. The van der Waals surface area contributed by atoms with Crippen LogP contribution in [0.1, 0.15) is 18.1 Å². The lowest BCUT2D eigenvalue weighted by atomic mass is 10.1. The first-order valence-electron chi connectivity index (χ1n) is 3.99. The SMILES string of the molecule is NOC(CCO)c1ccc(F)cc1. The van der Waals surface area contributed by atoms with Crippen LogP contribution in [0.5, 0.6) is 0 Å². The molecule has 13 heavy (non-hydrogen) atoms. The van der Waals surface area contributed by atoms with E-state index in [1.807, 2.05) is 0 Å². The van der Waals surface area contributed by atoms with Gasteiger partial charge in [-0.15, -0.1) is 0 Å². The summed E-state index contributed by atoms with van der Waals surface area (Å²) in [6, 6.07) is 5.84. The van der Waals surface area contributed by atoms with E-state index in [1.165, 1.54) is 12.1 Å². The summed E-state index contributed by atoms with van der Waals surface area (Å²) in [6.45, 7) is -0.0146. The standard InChI is InChI=1S/C9H12FNO2/c10-8-3-1-7(2-4-8)9(13-11)5-6-12/h1-4,9,12H,5-6,11H2. The van der Waals surface area contributed by atoms with Gasteiger partial charge in [-0.05, 0) is 17.7 Å². The molecule has 0 aliphatic carbocycles. The fourth-order valence-corrected chi connectivity index (χ4v) is 1.11. The molecule has 72 valence electrons. The van der Waals surface area contributed by atoms with E-state index < -0.39 is 0 Å². The summed E-state index contributed by atoms with van der Waals surface area (Å²) in [6.07, 6.45) is 0.0351. The molecule has 0 spiro atoms. The first kappa shape index (κ1) is 10.1. The normalized spacial score (nSPS) is 12.8. The molecular formula is C9H12FNO2. The van der Waals surface area contributed by atoms with E-state index in [9.17, 15) is 4.39 Å². The Kier molecular flexibility index (Phi) is 3.82. The van der Waals surface area contributed by atoms with Crippen molar-refractivity contribution in [3.63, 3.8) is 0 Å². The van der Waals surface area contributed by atoms with E-state index in [2.05, 4.69) is 4.84 Å². The Hall–Kier alpha value is -0.970. The second kappa shape index (κ2) is 4.91. The smallest absolute Gasteiger partial charge is 0.123 e. The maximum Gasteiger partial charge on any atom is 0.123 e. The number of aliphatic hydroxyl groups excluding tert-OH is 1. The molecule has 1 rings (SSSR count). The minimum absolute atomic E-state index is 0.0146. The van der Waals surface area contributed by atoms with Crippen molar-refractivity contribution >= 4 is 0 Å². The second-order valence-corrected chi connectivity index (χ2v) is 2.69. The Morgan fingerprint density at radius 1 is 1.38 bits per heavy atom. The minimum atomic E-state index is -0.370. The lowest BCUT2D eigenvalue weighted by Gasteiger charge is -2.12. The van der Waals surface area contributed by atoms with Crippen molar-refractivity contribution in [1.82, 2.24) is 0 Å². The number of benzene rings is 1. The summed E-state index contributed by atoms with van der Waals surface area (Å²) < 4.78 is 12.5. The molecule has 3 N–H and O–H groups in total. The van der Waals surface area contributed by atoms with Gasteiger partial charge < -0.3 is 5.11 Å². The van der Waals surface area contributed by atoms with Gasteiger partial charge in [-0.25, -0.2) is 10.3 Å². The lowest BCUT2D eigenvalue weighted by molar-refractivity contribution is 0.0342. The van der Waals surface area contributed by atoms with Gasteiger partial charge in [-0.1, -0.05) is 12.1 Å². The second-order valence-electron chi connectivity index (χ2n) is 2.69. The van der Waals surface area contributed by atoms with Gasteiger partial charge in [-0.2, -0.15) is 0 Å².